The van der Waals surface area contributed by atoms with Crippen molar-refractivity contribution in [1.82, 2.24) is 0 Å². The summed E-state index contributed by atoms with van der Waals surface area (Å²) in [6.07, 6.45) is -7.22. The van der Waals surface area contributed by atoms with Gasteiger partial charge in [0.05, 0.1) is 0 Å². The largest absolute Gasteiger partial charge is 0.443 e. The van der Waals surface area contributed by atoms with Gasteiger partial charge in [0.2, 0.25) is 11.5 Å². The van der Waals surface area contributed by atoms with Crippen LogP contribution in [0.5, 0.6) is 11.5 Å². The van der Waals surface area contributed by atoms with E-state index in [9.17, 15) is 62.3 Å². The van der Waals surface area contributed by atoms with Crippen LogP contribution >= 0.6 is 0 Å². The summed E-state index contributed by atoms with van der Waals surface area (Å²) in [6, 6.07) is 51.3. The average molecular weight is 1480 g/mol. The zero-order valence-electron chi connectivity index (χ0n) is 48.0. The molecule has 0 spiro atoms. The van der Waals surface area contributed by atoms with Crippen molar-refractivity contribution in [2.45, 2.75) is 0 Å². The highest BCUT2D eigenvalue weighted by molar-refractivity contribution is 7.20. The molecule has 2 aromatic heterocycles. The van der Waals surface area contributed by atoms with Gasteiger partial charge in [0.1, 0.15) is 64.2 Å². The minimum atomic E-state index is -7.22. The van der Waals surface area contributed by atoms with Crippen molar-refractivity contribution in [3.8, 4) is 11.5 Å². The van der Waals surface area contributed by atoms with E-state index >= 15 is 35.1 Å². The molecular weight excluding hydrogens is 1450 g/mol. The van der Waals surface area contributed by atoms with Gasteiger partial charge in [-0.15, -0.1) is 21.9 Å². The fourth-order valence-corrected chi connectivity index (χ4v) is 13.8. The third kappa shape index (κ3) is 10.5. The van der Waals surface area contributed by atoms with Gasteiger partial charge in [-0.3, -0.25) is 0 Å². The first-order chi connectivity index (χ1) is 46.7. The van der Waals surface area contributed by atoms with Crippen LogP contribution in [0.1, 0.15) is 21.1 Å². The van der Waals surface area contributed by atoms with Crippen molar-refractivity contribution in [2.24, 2.45) is 0 Å². The summed E-state index contributed by atoms with van der Waals surface area (Å²) >= 11 is -1.01. The van der Waals surface area contributed by atoms with Crippen LogP contribution in [0.4, 0.5) is 87.8 Å². The van der Waals surface area contributed by atoms with E-state index in [4.69, 9.17) is 18.3 Å². The lowest BCUT2D eigenvalue weighted by atomic mass is 9.12. The van der Waals surface area contributed by atoms with E-state index in [1.165, 1.54) is 0 Å². The van der Waals surface area contributed by atoms with Crippen molar-refractivity contribution in [2.75, 3.05) is 0 Å². The Morgan fingerprint density at radius 3 is 0.786 bits per heavy atom. The fraction of sp³-hybridized carbons (Fsp3) is 0. The van der Waals surface area contributed by atoms with Crippen LogP contribution in [-0.4, -0.2) is 18.1 Å². The Morgan fingerprint density at radius 1 is 0.265 bits per heavy atom. The fourth-order valence-electron chi connectivity index (χ4n) is 11.9. The first kappa shape index (κ1) is 65.7. The predicted molar refractivity (Wildman–Crippen MR) is 312 cm³/mol. The molecule has 6 nitrogen and oxygen atoms in total. The summed E-state index contributed by atoms with van der Waals surface area (Å²) < 4.78 is 319. The summed E-state index contributed by atoms with van der Waals surface area (Å²) in [5, 5.41) is 11.6. The van der Waals surface area contributed by atoms with Crippen LogP contribution in [0.2, 0.25) is 0 Å². The first-order valence-electron chi connectivity index (χ1n) is 27.9. The third-order valence-corrected chi connectivity index (χ3v) is 18.4. The highest BCUT2D eigenvalue weighted by Crippen LogP contribution is 2.40. The Kier molecular flexibility index (Phi) is 16.7. The van der Waals surface area contributed by atoms with E-state index < -0.39 is 177 Å². The standard InChI is InChI=1S/C46H26IO6.C24BF20/c48-45(52-43-35-15-7-5-13-31(35)23-33-21-27-9-1-3-11-29(27)25-37(33)43)39-17-19-41(50-39)47-42-20-18-40(51-42)46(49)53-44-36-16-8-6-14-32(36)24-34-22-28-10-2-4-12-30(28)26-38(34)44;26-5-1(6(27)14(35)21(42)13(5)34)25(2-7(28)15(36)22(43)16(37)8(2)29,3-9(30)17(38)23(44)18(39)10(3)31)4-11(32)19(40)24(45)20(41)12(4)33/h1-26H;/q+1;-1. The summed E-state index contributed by atoms with van der Waals surface area (Å²) in [5.41, 5.74) is -14.3. The Labute approximate surface area is 543 Å². The second kappa shape index (κ2) is 24.9. The van der Waals surface area contributed by atoms with Gasteiger partial charge in [0, 0.05) is 33.7 Å². The molecular formula is C70H26BF20IO6. The maximum Gasteiger partial charge on any atom is 0.443 e. The third-order valence-electron chi connectivity index (χ3n) is 16.2. The highest BCUT2D eigenvalue weighted by atomic mass is 127. The molecule has 492 valence electrons. The van der Waals surface area contributed by atoms with Gasteiger partial charge in [0.15, 0.2) is 69.8 Å². The summed E-state index contributed by atoms with van der Waals surface area (Å²) in [6.45, 7) is 0. The molecule has 0 aliphatic rings. The molecule has 14 rings (SSSR count). The first-order valence-corrected chi connectivity index (χ1v) is 30.1. The van der Waals surface area contributed by atoms with Crippen molar-refractivity contribution in [1.29, 1.82) is 0 Å². The van der Waals surface area contributed by atoms with Gasteiger partial charge in [-0.25, -0.2) is 97.4 Å². The number of furan rings is 2. The molecule has 12 aromatic carbocycles. The molecule has 14 aromatic rings. The van der Waals surface area contributed by atoms with E-state index in [0.717, 1.165) is 64.6 Å². The Morgan fingerprint density at radius 2 is 0.500 bits per heavy atom. The molecule has 0 unspecified atom stereocenters. The average Bonchev–Trinajstić information content (AvgIpc) is 0.999. The van der Waals surface area contributed by atoms with E-state index in [-0.39, 0.29) is 11.5 Å². The van der Waals surface area contributed by atoms with Gasteiger partial charge < -0.3 is 18.3 Å². The van der Waals surface area contributed by atoms with E-state index in [1.54, 1.807) is 24.3 Å². The molecule has 98 heavy (non-hydrogen) atoms. The molecule has 28 heteroatoms. The van der Waals surface area contributed by atoms with Gasteiger partial charge >= 0.3 is 40.7 Å². The number of carbonyl (C=O) groups excluding carboxylic acids is 2. The second-order valence-electron chi connectivity index (χ2n) is 21.6. The minimum Gasteiger partial charge on any atom is -0.419 e. The highest BCUT2D eigenvalue weighted by Gasteiger charge is 2.52. The number of fused-ring (bicyclic) bond motifs is 6. The van der Waals surface area contributed by atoms with Crippen LogP contribution in [0.3, 0.4) is 0 Å². The maximum absolute atomic E-state index is 15.4. The van der Waals surface area contributed by atoms with Crippen molar-refractivity contribution >= 4 is 105 Å². The number of rotatable bonds is 10. The van der Waals surface area contributed by atoms with Crippen LogP contribution in [-0.2, 0) is 0 Å². The SMILES string of the molecule is Fc1c(F)c(F)c([B-](c2c(F)c(F)c(F)c(F)c2F)(c2c(F)c(F)c(F)c(F)c2F)c2c(F)c(F)c(F)c(F)c2F)c(F)c1F.O=C(Oc1c2ccccc2cc2cc3ccccc3cc12)c1ccc([I+]c2ccc(C(=O)Oc3c4ccccc4cc4cc5ccccc5cc34)o2)o1. The van der Waals surface area contributed by atoms with Crippen LogP contribution in [0.25, 0.3) is 64.6 Å². The van der Waals surface area contributed by atoms with Crippen LogP contribution < -0.4 is 52.5 Å². The Hall–Kier alpha value is -10.9. The Balaban J connectivity index is 0.000000179. The summed E-state index contributed by atoms with van der Waals surface area (Å²) in [4.78, 5) is 27.1. The van der Waals surface area contributed by atoms with Crippen LogP contribution in [0, 0.1) is 124 Å². The monoisotopic (exact) mass is 1480 g/mol. The molecule has 0 saturated carbocycles. The predicted octanol–water partition coefficient (Wildman–Crippen LogP) is 14.2. The van der Waals surface area contributed by atoms with Crippen molar-refractivity contribution < 1.29 is 137 Å². The number of hydrogen-bond donors (Lipinski definition) is 0. The van der Waals surface area contributed by atoms with Gasteiger partial charge in [-0.1, -0.05) is 97.1 Å². The quantitative estimate of drug-likeness (QED) is 0.0198. The minimum absolute atomic E-state index is 0.0862. The Bertz CT molecular complexity index is 5160. The lowest BCUT2D eigenvalue weighted by molar-refractivity contribution is -0.636. The van der Waals surface area contributed by atoms with Crippen LogP contribution in [0.15, 0.2) is 167 Å². The number of esters is 2. The number of halogens is 21. The zero-order valence-corrected chi connectivity index (χ0v) is 50.1. The molecule has 0 radical (unpaired) electrons. The number of hydrogen-bond acceptors (Lipinski definition) is 6. The molecule has 0 aliphatic carbocycles. The van der Waals surface area contributed by atoms with Crippen molar-refractivity contribution in [3.63, 3.8) is 0 Å². The topological polar surface area (TPSA) is 78.9 Å². The molecule has 0 N–H and O–H groups in total. The normalized spacial score (nSPS) is 11.8. The van der Waals surface area contributed by atoms with E-state index in [2.05, 4.69) is 48.5 Å². The van der Waals surface area contributed by atoms with Crippen molar-refractivity contribution in [3.05, 3.63) is 293 Å². The summed E-state index contributed by atoms with van der Waals surface area (Å²) in [5.74, 6) is -71.4. The van der Waals surface area contributed by atoms with Gasteiger partial charge in [-0.05, 0) is 91.6 Å². The van der Waals surface area contributed by atoms with Gasteiger partial charge in [-0.2, -0.15) is 0 Å². The maximum atomic E-state index is 15.4. The smallest absolute Gasteiger partial charge is 0.419 e. The number of benzene rings is 12. The lowest BCUT2D eigenvalue weighted by Gasteiger charge is -2.44. The molecule has 0 aliphatic heterocycles. The number of carbonyl (C=O) groups is 2. The second-order valence-corrected chi connectivity index (χ2v) is 24.2. The zero-order chi connectivity index (χ0) is 69.8. The molecule has 0 fully saturated rings. The van der Waals surface area contributed by atoms with Gasteiger partial charge in [0.25, 0.3) is 0 Å². The molecule has 0 atom stereocenters. The molecule has 0 saturated heterocycles. The molecule has 0 amide bonds. The molecule has 0 bridgehead atoms. The van der Waals surface area contributed by atoms with E-state index in [1.807, 2.05) is 84.9 Å². The molecule has 2 heterocycles. The lowest BCUT2D eigenvalue weighted by Crippen LogP contribution is -3.61. The summed E-state index contributed by atoms with van der Waals surface area (Å²) in [7, 11) is 0. The number of ether oxygens (including phenoxy) is 2. The van der Waals surface area contributed by atoms with E-state index in [0.29, 0.717) is 19.0 Å².